The summed E-state index contributed by atoms with van der Waals surface area (Å²) in [6, 6.07) is -0.898. The van der Waals surface area contributed by atoms with Crippen LogP contribution in [0, 0.1) is 0 Å². The molecular weight excluding hydrogens is 972 g/mol. The number of unbranched alkanes of at least 4 members (excludes halogenated alkanes) is 25. The highest BCUT2D eigenvalue weighted by Gasteiger charge is 2.27. The highest BCUT2D eigenvalue weighted by Crippen LogP contribution is 2.43. The number of allylic oxidation sites excluding steroid dienone is 19. The van der Waals surface area contributed by atoms with Crippen molar-refractivity contribution in [3.8, 4) is 0 Å². The van der Waals surface area contributed by atoms with Crippen molar-refractivity contribution in [2.45, 2.75) is 264 Å². The molecule has 0 saturated heterocycles. The molecule has 0 aliphatic rings. The third-order valence-electron chi connectivity index (χ3n) is 13.4. The monoisotopic (exact) mass is 1090 g/mol. The summed E-state index contributed by atoms with van der Waals surface area (Å²) in [6.45, 7) is 4.65. The molecule has 0 fully saturated rings. The van der Waals surface area contributed by atoms with Gasteiger partial charge < -0.3 is 19.8 Å². The van der Waals surface area contributed by atoms with E-state index in [1.54, 1.807) is 6.08 Å². The number of phosphoric acid groups is 1. The van der Waals surface area contributed by atoms with Gasteiger partial charge in [0, 0.05) is 6.42 Å². The van der Waals surface area contributed by atoms with Gasteiger partial charge in [-0.15, -0.1) is 0 Å². The van der Waals surface area contributed by atoms with E-state index in [1.807, 2.05) is 27.2 Å². The molecule has 0 heterocycles. The van der Waals surface area contributed by atoms with Crippen LogP contribution in [0.1, 0.15) is 251 Å². The number of nitrogens with one attached hydrogen (secondary N) is 1. The zero-order valence-electron chi connectivity index (χ0n) is 50.4. The van der Waals surface area contributed by atoms with Crippen LogP contribution in [0.5, 0.6) is 0 Å². The van der Waals surface area contributed by atoms with Gasteiger partial charge in [0.25, 0.3) is 0 Å². The molecule has 0 bridgehead atoms. The van der Waals surface area contributed by atoms with Crippen LogP contribution >= 0.6 is 7.82 Å². The van der Waals surface area contributed by atoms with Crippen molar-refractivity contribution in [1.82, 2.24) is 5.32 Å². The fraction of sp³-hybridized carbons (Fsp3) is 0.691. The summed E-state index contributed by atoms with van der Waals surface area (Å²) in [5.74, 6) is -0.232. The highest BCUT2D eigenvalue weighted by molar-refractivity contribution is 7.47. The van der Waals surface area contributed by atoms with E-state index in [1.165, 1.54) is 141 Å². The van der Waals surface area contributed by atoms with Gasteiger partial charge in [-0.3, -0.25) is 13.8 Å². The van der Waals surface area contributed by atoms with Crippen molar-refractivity contribution < 1.29 is 32.9 Å². The Bertz CT molecular complexity index is 1670. The lowest BCUT2D eigenvalue weighted by Gasteiger charge is -2.25. The topological polar surface area (TPSA) is 105 Å². The molecule has 0 spiro atoms. The fourth-order valence-electron chi connectivity index (χ4n) is 8.54. The number of quaternary nitrogens is 1. The molecule has 0 saturated carbocycles. The van der Waals surface area contributed by atoms with Gasteiger partial charge in [0.15, 0.2) is 0 Å². The molecule has 3 N–H and O–H groups in total. The highest BCUT2D eigenvalue weighted by atomic mass is 31.2. The van der Waals surface area contributed by atoms with Crippen LogP contribution in [0.3, 0.4) is 0 Å². The Kier molecular flexibility index (Phi) is 55.3. The number of phosphoric ester groups is 1. The number of hydrogen-bond acceptors (Lipinski definition) is 5. The molecule has 0 aromatic rings. The van der Waals surface area contributed by atoms with E-state index in [0.29, 0.717) is 17.4 Å². The number of likely N-dealkylation sites (N-methyl/N-ethyl adjacent to an activating group) is 1. The van der Waals surface area contributed by atoms with Gasteiger partial charge in [0.1, 0.15) is 13.2 Å². The lowest BCUT2D eigenvalue weighted by Crippen LogP contribution is -2.45. The van der Waals surface area contributed by atoms with Crippen molar-refractivity contribution in [2.75, 3.05) is 40.9 Å². The Morgan fingerprint density at radius 2 is 0.792 bits per heavy atom. The van der Waals surface area contributed by atoms with Crippen molar-refractivity contribution in [3.63, 3.8) is 0 Å². The van der Waals surface area contributed by atoms with Crippen LogP contribution in [-0.2, 0) is 18.4 Å². The lowest BCUT2D eigenvalue weighted by molar-refractivity contribution is -0.870. The molecule has 0 aliphatic carbocycles. The number of carbonyl (C=O) groups is 1. The average Bonchev–Trinajstić information content (AvgIpc) is 3.39. The molecular formula is C68H120N2O6P+. The number of nitrogens with zero attached hydrogens (tertiary/aromatic N) is 1. The molecule has 3 atom stereocenters. The summed E-state index contributed by atoms with van der Waals surface area (Å²) >= 11 is 0. The molecule has 0 aromatic heterocycles. The summed E-state index contributed by atoms with van der Waals surface area (Å²) in [5.41, 5.74) is 0. The Hall–Kier alpha value is -3.10. The van der Waals surface area contributed by atoms with Crippen LogP contribution in [0.25, 0.3) is 0 Å². The van der Waals surface area contributed by atoms with E-state index < -0.39 is 20.0 Å². The molecule has 0 rings (SSSR count). The van der Waals surface area contributed by atoms with Gasteiger partial charge in [0.2, 0.25) is 5.91 Å². The second kappa shape index (κ2) is 57.6. The first-order chi connectivity index (χ1) is 37.5. The Labute approximate surface area is 475 Å². The average molecular weight is 1090 g/mol. The normalized spacial score (nSPS) is 14.6. The maximum absolute atomic E-state index is 13.0. The van der Waals surface area contributed by atoms with Crippen LogP contribution in [0.15, 0.2) is 122 Å². The van der Waals surface area contributed by atoms with Crippen LogP contribution in [0.2, 0.25) is 0 Å². The van der Waals surface area contributed by atoms with E-state index in [9.17, 15) is 19.4 Å². The van der Waals surface area contributed by atoms with Crippen molar-refractivity contribution in [1.29, 1.82) is 0 Å². The molecule has 0 aromatic carbocycles. The molecule has 3 unspecified atom stereocenters. The standard InChI is InChI=1S/C68H119N2O6P/c1-6-8-10-12-14-16-18-20-22-24-26-28-30-32-34-36-37-39-41-43-45-47-49-51-53-55-57-59-61-67(71)66(65-76-77(73,74)75-64-63-70(3,4)5)69-68(72)62-60-58-56-54-52-50-48-46-44-42-40-38-35-33-31-29-27-25-23-21-19-17-15-13-11-9-7-2/h9,11,15,17,21,23,27,29,33,35,40,42,46,48,51-54,59,61,66-67,71H,6-8,10,12-14,16,18-20,22,24-26,28,30-32,34,36-39,41,43-45,47,49-50,55-58,60,62-65H2,1-5H3,(H-,69,72,73,74)/p+1/b11-9-,17-15-,23-21-,29-27-,35-33-,42-40-,48-46-,53-51+,54-52-,61-59+. The van der Waals surface area contributed by atoms with E-state index in [4.69, 9.17) is 9.05 Å². The van der Waals surface area contributed by atoms with Crippen molar-refractivity contribution in [3.05, 3.63) is 122 Å². The second-order valence-electron chi connectivity index (χ2n) is 22.0. The maximum Gasteiger partial charge on any atom is 0.472 e. The summed E-state index contributed by atoms with van der Waals surface area (Å²) in [5, 5.41) is 13.9. The predicted molar refractivity (Wildman–Crippen MR) is 336 cm³/mol. The maximum atomic E-state index is 13.0. The minimum absolute atomic E-state index is 0.0406. The minimum atomic E-state index is -4.38. The quantitative estimate of drug-likeness (QED) is 0.0243. The van der Waals surface area contributed by atoms with Crippen molar-refractivity contribution >= 4 is 13.7 Å². The second-order valence-corrected chi connectivity index (χ2v) is 23.5. The van der Waals surface area contributed by atoms with Gasteiger partial charge in [-0.1, -0.05) is 270 Å². The number of amides is 1. The van der Waals surface area contributed by atoms with Gasteiger partial charge >= 0.3 is 7.82 Å². The van der Waals surface area contributed by atoms with Crippen LogP contribution < -0.4 is 5.32 Å². The molecule has 1 amide bonds. The molecule has 8 nitrogen and oxygen atoms in total. The van der Waals surface area contributed by atoms with E-state index in [-0.39, 0.29) is 25.5 Å². The lowest BCUT2D eigenvalue weighted by atomic mass is 10.0. The molecule has 77 heavy (non-hydrogen) atoms. The van der Waals surface area contributed by atoms with Gasteiger partial charge in [0.05, 0.1) is 39.9 Å². The smallest absolute Gasteiger partial charge is 0.387 e. The predicted octanol–water partition coefficient (Wildman–Crippen LogP) is 19.7. The molecule has 0 aliphatic heterocycles. The number of aliphatic hydroxyl groups excluding tert-OH is 1. The van der Waals surface area contributed by atoms with Crippen LogP contribution in [0.4, 0.5) is 0 Å². The summed E-state index contributed by atoms with van der Waals surface area (Å²) in [6.07, 6.45) is 86.2. The van der Waals surface area contributed by atoms with E-state index in [2.05, 4.69) is 129 Å². The number of hydrogen-bond donors (Lipinski definition) is 3. The van der Waals surface area contributed by atoms with Crippen LogP contribution in [-0.4, -0.2) is 73.4 Å². The SMILES string of the molecule is CC/C=C\C/C=C\C/C=C\C/C=C\C/C=C\C/C=C\C/C=C\C/C=C\CCCCC(=O)NC(COP(=O)(O)OCC[N+](C)(C)C)C(O)/C=C/CC/C=C/CCCCCCCCCCCCCCCCCCCCCCCC. The Morgan fingerprint density at radius 3 is 1.19 bits per heavy atom. The van der Waals surface area contributed by atoms with Gasteiger partial charge in [-0.2, -0.15) is 0 Å². The zero-order valence-corrected chi connectivity index (χ0v) is 51.3. The number of aliphatic hydroxyl groups is 1. The number of rotatable bonds is 56. The minimum Gasteiger partial charge on any atom is -0.387 e. The summed E-state index contributed by atoms with van der Waals surface area (Å²) in [4.78, 5) is 23.3. The Morgan fingerprint density at radius 1 is 0.455 bits per heavy atom. The fourth-order valence-corrected chi connectivity index (χ4v) is 9.28. The largest absolute Gasteiger partial charge is 0.472 e. The van der Waals surface area contributed by atoms with E-state index in [0.717, 1.165) is 83.5 Å². The molecule has 0 radical (unpaired) electrons. The third-order valence-corrected chi connectivity index (χ3v) is 14.4. The van der Waals surface area contributed by atoms with Gasteiger partial charge in [-0.05, 0) is 96.3 Å². The summed E-state index contributed by atoms with van der Waals surface area (Å²) in [7, 11) is 1.51. The van der Waals surface area contributed by atoms with Gasteiger partial charge in [-0.25, -0.2) is 4.57 Å². The first-order valence-corrected chi connectivity index (χ1v) is 32.9. The van der Waals surface area contributed by atoms with Crippen molar-refractivity contribution in [2.24, 2.45) is 0 Å². The first-order valence-electron chi connectivity index (χ1n) is 31.4. The number of carbonyl (C=O) groups excluding carboxylic acids is 1. The first kappa shape index (κ1) is 73.9. The molecule has 442 valence electrons. The Balaban J connectivity index is 4.32. The zero-order chi connectivity index (χ0) is 56.3. The van der Waals surface area contributed by atoms with E-state index >= 15 is 0 Å². The summed E-state index contributed by atoms with van der Waals surface area (Å²) < 4.78 is 23.7. The molecule has 9 heteroatoms. The third kappa shape index (κ3) is 60.4.